The van der Waals surface area contributed by atoms with Gasteiger partial charge < -0.3 is 4.74 Å². The van der Waals surface area contributed by atoms with Crippen molar-refractivity contribution in [3.63, 3.8) is 0 Å². The number of carbonyl (C=O) groups is 1. The molecule has 0 saturated carbocycles. The highest BCUT2D eigenvalue weighted by molar-refractivity contribution is 8.00. The Hall–Kier alpha value is -1.45. The van der Waals surface area contributed by atoms with Gasteiger partial charge in [0.25, 0.3) is 0 Å². The highest BCUT2D eigenvalue weighted by Crippen LogP contribution is 2.27. The van der Waals surface area contributed by atoms with Crippen molar-refractivity contribution in [1.29, 1.82) is 0 Å². The Bertz CT molecular complexity index is 626. The molecule has 104 valence electrons. The number of ketones is 1. The van der Waals surface area contributed by atoms with E-state index in [0.29, 0.717) is 22.1 Å². The summed E-state index contributed by atoms with van der Waals surface area (Å²) in [6.07, 6.45) is 0. The van der Waals surface area contributed by atoms with E-state index in [9.17, 15) is 4.79 Å². The standard InChI is InChI=1S/C16H15ClO2S/c1-11-5-3-4-6-16(11)20-10-14(18)12-7-8-15(19-2)13(17)9-12/h3-9H,10H2,1-2H3. The topological polar surface area (TPSA) is 26.3 Å². The fourth-order valence-corrected chi connectivity index (χ4v) is 2.97. The molecule has 0 spiro atoms. The van der Waals surface area contributed by atoms with Crippen molar-refractivity contribution in [2.24, 2.45) is 0 Å². The fraction of sp³-hybridized carbons (Fsp3) is 0.188. The molecule has 0 aromatic heterocycles. The van der Waals surface area contributed by atoms with Crippen molar-refractivity contribution in [3.05, 3.63) is 58.6 Å². The number of hydrogen-bond donors (Lipinski definition) is 0. The summed E-state index contributed by atoms with van der Waals surface area (Å²) < 4.78 is 5.08. The van der Waals surface area contributed by atoms with Crippen molar-refractivity contribution >= 4 is 29.1 Å². The van der Waals surface area contributed by atoms with Crippen LogP contribution in [0.15, 0.2) is 47.4 Å². The summed E-state index contributed by atoms with van der Waals surface area (Å²) in [5, 5.41) is 0.458. The van der Waals surface area contributed by atoms with Crippen LogP contribution in [0.25, 0.3) is 0 Å². The minimum absolute atomic E-state index is 0.0582. The van der Waals surface area contributed by atoms with Crippen LogP contribution in [0.2, 0.25) is 5.02 Å². The maximum absolute atomic E-state index is 12.2. The molecule has 0 heterocycles. The molecule has 20 heavy (non-hydrogen) atoms. The van der Waals surface area contributed by atoms with Crippen LogP contribution in [0, 0.1) is 6.92 Å². The van der Waals surface area contributed by atoms with Gasteiger partial charge in [-0.3, -0.25) is 4.79 Å². The third-order valence-electron chi connectivity index (χ3n) is 2.93. The summed E-state index contributed by atoms with van der Waals surface area (Å²) in [6.45, 7) is 2.04. The molecule has 0 aliphatic heterocycles. The SMILES string of the molecule is COc1ccc(C(=O)CSc2ccccc2C)cc1Cl. The van der Waals surface area contributed by atoms with Gasteiger partial charge in [0.15, 0.2) is 5.78 Å². The van der Waals surface area contributed by atoms with E-state index >= 15 is 0 Å². The highest BCUT2D eigenvalue weighted by atomic mass is 35.5. The van der Waals surface area contributed by atoms with Crippen molar-refractivity contribution in [3.8, 4) is 5.75 Å². The lowest BCUT2D eigenvalue weighted by Crippen LogP contribution is -2.02. The van der Waals surface area contributed by atoms with Crippen LogP contribution >= 0.6 is 23.4 Å². The first-order valence-corrected chi connectivity index (χ1v) is 7.53. The van der Waals surface area contributed by atoms with E-state index in [0.717, 1.165) is 4.90 Å². The largest absolute Gasteiger partial charge is 0.495 e. The van der Waals surface area contributed by atoms with E-state index in [1.54, 1.807) is 37.1 Å². The zero-order chi connectivity index (χ0) is 14.5. The molecular formula is C16H15ClO2S. The Morgan fingerprint density at radius 3 is 2.65 bits per heavy atom. The Kier molecular flexibility index (Phi) is 5.10. The number of hydrogen-bond acceptors (Lipinski definition) is 3. The third-order valence-corrected chi connectivity index (χ3v) is 4.40. The summed E-state index contributed by atoms with van der Waals surface area (Å²) in [5.41, 5.74) is 1.79. The van der Waals surface area contributed by atoms with Crippen LogP contribution in [0.4, 0.5) is 0 Å². The van der Waals surface area contributed by atoms with Crippen LogP contribution < -0.4 is 4.74 Å². The number of thioether (sulfide) groups is 1. The molecule has 0 bridgehead atoms. The molecule has 0 radical (unpaired) electrons. The van der Waals surface area contributed by atoms with E-state index in [1.807, 2.05) is 31.2 Å². The zero-order valence-corrected chi connectivity index (χ0v) is 12.9. The van der Waals surface area contributed by atoms with Crippen molar-refractivity contribution in [1.82, 2.24) is 0 Å². The van der Waals surface area contributed by atoms with E-state index < -0.39 is 0 Å². The Morgan fingerprint density at radius 2 is 2.00 bits per heavy atom. The van der Waals surface area contributed by atoms with Gasteiger partial charge in [0.05, 0.1) is 17.9 Å². The van der Waals surface area contributed by atoms with E-state index in [1.165, 1.54) is 5.56 Å². The van der Waals surface area contributed by atoms with Gasteiger partial charge in [0.1, 0.15) is 5.75 Å². The molecule has 2 rings (SSSR count). The van der Waals surface area contributed by atoms with Gasteiger partial charge in [-0.1, -0.05) is 29.8 Å². The predicted octanol–water partition coefficient (Wildman–Crippen LogP) is 4.63. The van der Waals surface area contributed by atoms with E-state index in [4.69, 9.17) is 16.3 Å². The minimum atomic E-state index is 0.0582. The van der Waals surface area contributed by atoms with Crippen molar-refractivity contribution in [2.45, 2.75) is 11.8 Å². The number of aryl methyl sites for hydroxylation is 1. The molecule has 0 amide bonds. The summed E-state index contributed by atoms with van der Waals surface area (Å²) in [5.74, 6) is 1.03. The molecule has 2 aromatic carbocycles. The molecule has 0 saturated heterocycles. The second kappa shape index (κ2) is 6.82. The van der Waals surface area contributed by atoms with Gasteiger partial charge >= 0.3 is 0 Å². The minimum Gasteiger partial charge on any atom is -0.495 e. The first kappa shape index (κ1) is 14.9. The van der Waals surface area contributed by atoms with Crippen LogP contribution in [0.3, 0.4) is 0 Å². The number of methoxy groups -OCH3 is 1. The second-order valence-corrected chi connectivity index (χ2v) is 5.75. The van der Waals surface area contributed by atoms with Gasteiger partial charge in [-0.25, -0.2) is 0 Å². The van der Waals surface area contributed by atoms with Gasteiger partial charge in [-0.05, 0) is 36.8 Å². The number of Topliss-reactive ketones (excluding diaryl/α,β-unsaturated/α-hetero) is 1. The Morgan fingerprint density at radius 1 is 1.25 bits per heavy atom. The summed E-state index contributed by atoms with van der Waals surface area (Å²) >= 11 is 7.57. The maximum Gasteiger partial charge on any atom is 0.173 e. The second-order valence-electron chi connectivity index (χ2n) is 4.33. The number of ether oxygens (including phenoxy) is 1. The third kappa shape index (κ3) is 3.56. The molecule has 0 aliphatic carbocycles. The lowest BCUT2D eigenvalue weighted by molar-refractivity contribution is 0.102. The molecule has 0 aliphatic rings. The average molecular weight is 307 g/mol. The summed E-state index contributed by atoms with van der Waals surface area (Å²) in [6, 6.07) is 13.1. The molecule has 2 nitrogen and oxygen atoms in total. The molecule has 2 aromatic rings. The lowest BCUT2D eigenvalue weighted by atomic mass is 10.1. The van der Waals surface area contributed by atoms with Gasteiger partial charge in [-0.2, -0.15) is 0 Å². The van der Waals surface area contributed by atoms with E-state index in [-0.39, 0.29) is 5.78 Å². The molecule has 4 heteroatoms. The molecular weight excluding hydrogens is 292 g/mol. The van der Waals surface area contributed by atoms with Gasteiger partial charge in [0.2, 0.25) is 0 Å². The van der Waals surface area contributed by atoms with Gasteiger partial charge in [0, 0.05) is 10.5 Å². The van der Waals surface area contributed by atoms with E-state index in [2.05, 4.69) is 0 Å². The zero-order valence-electron chi connectivity index (χ0n) is 11.4. The summed E-state index contributed by atoms with van der Waals surface area (Å²) in [7, 11) is 1.55. The van der Waals surface area contributed by atoms with Crippen LogP contribution in [-0.2, 0) is 0 Å². The first-order chi connectivity index (χ1) is 9.61. The number of rotatable bonds is 5. The highest BCUT2D eigenvalue weighted by Gasteiger charge is 2.10. The molecule has 0 fully saturated rings. The normalized spacial score (nSPS) is 10.3. The molecule has 0 unspecified atom stereocenters. The molecule has 0 N–H and O–H groups in total. The van der Waals surface area contributed by atoms with Crippen LogP contribution in [0.1, 0.15) is 15.9 Å². The van der Waals surface area contributed by atoms with Crippen molar-refractivity contribution < 1.29 is 9.53 Å². The lowest BCUT2D eigenvalue weighted by Gasteiger charge is -2.07. The maximum atomic E-state index is 12.2. The number of halogens is 1. The first-order valence-electron chi connectivity index (χ1n) is 6.17. The van der Waals surface area contributed by atoms with Crippen LogP contribution in [-0.4, -0.2) is 18.6 Å². The monoisotopic (exact) mass is 306 g/mol. The smallest absolute Gasteiger partial charge is 0.173 e. The Labute approximate surface area is 128 Å². The fourth-order valence-electron chi connectivity index (χ4n) is 1.78. The average Bonchev–Trinajstić information content (AvgIpc) is 2.46. The summed E-state index contributed by atoms with van der Waals surface area (Å²) in [4.78, 5) is 13.3. The number of benzene rings is 2. The number of carbonyl (C=O) groups excluding carboxylic acids is 1. The van der Waals surface area contributed by atoms with Crippen molar-refractivity contribution in [2.75, 3.05) is 12.9 Å². The Balaban J connectivity index is 2.05. The quantitative estimate of drug-likeness (QED) is 0.595. The van der Waals surface area contributed by atoms with Gasteiger partial charge in [-0.15, -0.1) is 11.8 Å². The van der Waals surface area contributed by atoms with Crippen LogP contribution in [0.5, 0.6) is 5.75 Å². The molecule has 0 atom stereocenters. The predicted molar refractivity (Wildman–Crippen MR) is 84.2 cm³/mol.